The third-order valence-corrected chi connectivity index (χ3v) is 4.35. The third-order valence-electron chi connectivity index (χ3n) is 4.35. The Balaban J connectivity index is 1.65. The first-order chi connectivity index (χ1) is 12.6. The van der Waals surface area contributed by atoms with Crippen LogP contribution >= 0.6 is 0 Å². The first kappa shape index (κ1) is 17.9. The van der Waals surface area contributed by atoms with E-state index in [1.165, 1.54) is 0 Å². The van der Waals surface area contributed by atoms with Crippen molar-refractivity contribution in [1.82, 2.24) is 4.90 Å². The fourth-order valence-electron chi connectivity index (χ4n) is 2.86. The highest BCUT2D eigenvalue weighted by molar-refractivity contribution is 5.83. The molecule has 1 heterocycles. The van der Waals surface area contributed by atoms with E-state index in [2.05, 4.69) is 6.92 Å². The molecule has 1 amide bonds. The summed E-state index contributed by atoms with van der Waals surface area (Å²) in [7, 11) is 3.39. The van der Waals surface area contributed by atoms with Crippen LogP contribution in [0, 0.1) is 0 Å². The summed E-state index contributed by atoms with van der Waals surface area (Å²) >= 11 is 0. The van der Waals surface area contributed by atoms with Crippen molar-refractivity contribution in [2.24, 2.45) is 0 Å². The number of hydrogen-bond donors (Lipinski definition) is 0. The van der Waals surface area contributed by atoms with Crippen LogP contribution < -0.4 is 9.47 Å². The van der Waals surface area contributed by atoms with Crippen molar-refractivity contribution in [3.8, 4) is 11.5 Å². The third kappa shape index (κ3) is 3.82. The molecular formula is C21H23NO4. The number of aryl methyl sites for hydroxylation is 1. The largest absolute Gasteiger partial charge is 0.497 e. The minimum Gasteiger partial charge on any atom is -0.497 e. The van der Waals surface area contributed by atoms with Gasteiger partial charge in [-0.2, -0.15) is 0 Å². The van der Waals surface area contributed by atoms with E-state index in [0.717, 1.165) is 34.5 Å². The Labute approximate surface area is 153 Å². The molecule has 0 aliphatic rings. The van der Waals surface area contributed by atoms with E-state index in [1.54, 1.807) is 43.3 Å². The summed E-state index contributed by atoms with van der Waals surface area (Å²) < 4.78 is 16.6. The van der Waals surface area contributed by atoms with Crippen molar-refractivity contribution in [3.05, 3.63) is 59.9 Å². The molecular weight excluding hydrogens is 330 g/mol. The monoisotopic (exact) mass is 353 g/mol. The molecule has 5 nitrogen and oxygen atoms in total. The molecule has 0 radical (unpaired) electrons. The van der Waals surface area contributed by atoms with E-state index in [9.17, 15) is 4.79 Å². The molecule has 0 saturated carbocycles. The summed E-state index contributed by atoms with van der Waals surface area (Å²) in [5.41, 5.74) is 1.91. The zero-order chi connectivity index (χ0) is 18.5. The van der Waals surface area contributed by atoms with Gasteiger partial charge in [0.1, 0.15) is 22.8 Å². The average molecular weight is 353 g/mol. The van der Waals surface area contributed by atoms with Crippen LogP contribution in [-0.4, -0.2) is 31.6 Å². The summed E-state index contributed by atoms with van der Waals surface area (Å²) in [6.45, 7) is 2.53. The Morgan fingerprint density at radius 3 is 2.46 bits per heavy atom. The highest BCUT2D eigenvalue weighted by atomic mass is 16.5. The summed E-state index contributed by atoms with van der Waals surface area (Å²) in [6.07, 6.45) is 0.786. The maximum absolute atomic E-state index is 12.4. The van der Waals surface area contributed by atoms with Gasteiger partial charge < -0.3 is 18.8 Å². The molecule has 0 unspecified atom stereocenters. The lowest BCUT2D eigenvalue weighted by Gasteiger charge is -2.18. The topological polar surface area (TPSA) is 51.9 Å². The first-order valence-corrected chi connectivity index (χ1v) is 8.62. The van der Waals surface area contributed by atoms with E-state index in [0.29, 0.717) is 12.3 Å². The molecule has 0 aliphatic carbocycles. The summed E-state index contributed by atoms with van der Waals surface area (Å²) in [4.78, 5) is 14.1. The first-order valence-electron chi connectivity index (χ1n) is 8.62. The quantitative estimate of drug-likeness (QED) is 0.643. The summed E-state index contributed by atoms with van der Waals surface area (Å²) in [5.74, 6) is 2.21. The van der Waals surface area contributed by atoms with Crippen LogP contribution in [0.4, 0.5) is 0 Å². The Hall–Kier alpha value is -2.95. The van der Waals surface area contributed by atoms with Crippen LogP contribution in [-0.2, 0) is 17.8 Å². The van der Waals surface area contributed by atoms with Crippen molar-refractivity contribution in [3.63, 3.8) is 0 Å². The molecule has 0 atom stereocenters. The van der Waals surface area contributed by atoms with Crippen LogP contribution in [0.3, 0.4) is 0 Å². The number of carbonyl (C=O) groups excluding carboxylic acids is 1. The Morgan fingerprint density at radius 1 is 1.08 bits per heavy atom. The molecule has 1 aromatic heterocycles. The average Bonchev–Trinajstić information content (AvgIpc) is 3.04. The Morgan fingerprint density at radius 2 is 1.77 bits per heavy atom. The number of amides is 1. The smallest absolute Gasteiger partial charge is 0.260 e. The van der Waals surface area contributed by atoms with Crippen LogP contribution in [0.1, 0.15) is 18.2 Å². The number of likely N-dealkylation sites (N-methyl/N-ethyl adjacent to an activating group) is 1. The van der Waals surface area contributed by atoms with Crippen molar-refractivity contribution < 1.29 is 18.7 Å². The lowest BCUT2D eigenvalue weighted by atomic mass is 10.1. The zero-order valence-corrected chi connectivity index (χ0v) is 15.3. The molecule has 0 fully saturated rings. The predicted molar refractivity (Wildman–Crippen MR) is 101 cm³/mol. The molecule has 0 N–H and O–H groups in total. The van der Waals surface area contributed by atoms with Crippen LogP contribution in [0.15, 0.2) is 52.9 Å². The number of hydrogen-bond acceptors (Lipinski definition) is 4. The van der Waals surface area contributed by atoms with Gasteiger partial charge in [0, 0.05) is 31.0 Å². The van der Waals surface area contributed by atoms with Crippen molar-refractivity contribution >= 4 is 16.9 Å². The van der Waals surface area contributed by atoms with Crippen LogP contribution in [0.5, 0.6) is 11.5 Å². The fraction of sp³-hybridized carbons (Fsp3) is 0.286. The second kappa shape index (κ2) is 7.95. The zero-order valence-electron chi connectivity index (χ0n) is 15.3. The van der Waals surface area contributed by atoms with Gasteiger partial charge in [-0.1, -0.05) is 25.1 Å². The number of furan rings is 1. The number of carbonyl (C=O) groups is 1. The highest BCUT2D eigenvalue weighted by Gasteiger charge is 2.17. The Bertz CT molecular complexity index is 883. The molecule has 2 aromatic carbocycles. The standard InChI is InChI=1S/C21H23NO4/c1-4-19-18(17-7-5-6-8-20(17)26-19)13-22(2)21(23)14-25-16-11-9-15(24-3)10-12-16/h5-12H,4,13-14H2,1-3H3. The lowest BCUT2D eigenvalue weighted by Crippen LogP contribution is -2.31. The van der Waals surface area contributed by atoms with Crippen molar-refractivity contribution in [1.29, 1.82) is 0 Å². The summed E-state index contributed by atoms with van der Waals surface area (Å²) in [5, 5.41) is 1.06. The maximum atomic E-state index is 12.4. The van der Waals surface area contributed by atoms with Gasteiger partial charge in [-0.3, -0.25) is 4.79 Å². The van der Waals surface area contributed by atoms with E-state index >= 15 is 0 Å². The van der Waals surface area contributed by atoms with Crippen molar-refractivity contribution in [2.75, 3.05) is 20.8 Å². The normalized spacial score (nSPS) is 10.7. The van der Waals surface area contributed by atoms with Gasteiger partial charge in [-0.25, -0.2) is 0 Å². The predicted octanol–water partition coefficient (Wildman–Crippen LogP) is 4.04. The van der Waals surface area contributed by atoms with Crippen LogP contribution in [0.2, 0.25) is 0 Å². The summed E-state index contributed by atoms with van der Waals surface area (Å²) in [6, 6.07) is 15.1. The second-order valence-electron chi connectivity index (χ2n) is 6.07. The van der Waals surface area contributed by atoms with E-state index in [-0.39, 0.29) is 12.5 Å². The number of ether oxygens (including phenoxy) is 2. The van der Waals surface area contributed by atoms with Gasteiger partial charge in [-0.15, -0.1) is 0 Å². The van der Waals surface area contributed by atoms with Gasteiger partial charge >= 0.3 is 0 Å². The minimum atomic E-state index is -0.0897. The van der Waals surface area contributed by atoms with Gasteiger partial charge in [0.05, 0.1) is 7.11 Å². The fourth-order valence-corrected chi connectivity index (χ4v) is 2.86. The highest BCUT2D eigenvalue weighted by Crippen LogP contribution is 2.27. The van der Waals surface area contributed by atoms with Gasteiger partial charge in [0.25, 0.3) is 5.91 Å². The second-order valence-corrected chi connectivity index (χ2v) is 6.07. The van der Waals surface area contributed by atoms with E-state index < -0.39 is 0 Å². The van der Waals surface area contributed by atoms with Gasteiger partial charge in [-0.05, 0) is 30.3 Å². The Kier molecular flexibility index (Phi) is 5.46. The lowest BCUT2D eigenvalue weighted by molar-refractivity contribution is -0.132. The molecule has 136 valence electrons. The molecule has 0 saturated heterocycles. The SMILES string of the molecule is CCc1oc2ccccc2c1CN(C)C(=O)COc1ccc(OC)cc1. The molecule has 5 heteroatoms. The molecule has 26 heavy (non-hydrogen) atoms. The van der Waals surface area contributed by atoms with Crippen LogP contribution in [0.25, 0.3) is 11.0 Å². The minimum absolute atomic E-state index is 0.0138. The molecule has 0 aliphatic heterocycles. The molecule has 0 spiro atoms. The van der Waals surface area contributed by atoms with Gasteiger partial charge in [0.2, 0.25) is 0 Å². The number of nitrogens with zero attached hydrogens (tertiary/aromatic N) is 1. The molecule has 3 rings (SSSR count). The van der Waals surface area contributed by atoms with E-state index in [1.807, 2.05) is 24.3 Å². The van der Waals surface area contributed by atoms with Gasteiger partial charge in [0.15, 0.2) is 6.61 Å². The molecule has 0 bridgehead atoms. The number of para-hydroxylation sites is 1. The molecule has 3 aromatic rings. The number of methoxy groups -OCH3 is 1. The maximum Gasteiger partial charge on any atom is 0.260 e. The number of benzene rings is 2. The number of fused-ring (bicyclic) bond motifs is 1. The number of rotatable bonds is 7. The van der Waals surface area contributed by atoms with E-state index in [4.69, 9.17) is 13.9 Å². The van der Waals surface area contributed by atoms with Crippen molar-refractivity contribution in [2.45, 2.75) is 19.9 Å².